The van der Waals surface area contributed by atoms with Crippen molar-refractivity contribution < 1.29 is 18.7 Å². The highest BCUT2D eigenvalue weighted by Gasteiger charge is 2.43. The Bertz CT molecular complexity index is 707. The molecule has 1 aromatic rings. The van der Waals surface area contributed by atoms with Crippen LogP contribution in [0, 0.1) is 0 Å². The number of hydrogen-bond acceptors (Lipinski definition) is 4. The van der Waals surface area contributed by atoms with Crippen molar-refractivity contribution in [2.75, 3.05) is 13.2 Å². The van der Waals surface area contributed by atoms with Gasteiger partial charge in [0.15, 0.2) is 0 Å². The number of likely N-dealkylation sites (tertiary alicyclic amines) is 1. The van der Waals surface area contributed by atoms with Crippen molar-refractivity contribution in [3.63, 3.8) is 0 Å². The molecule has 0 spiro atoms. The Kier molecular flexibility index (Phi) is 4.62. The minimum Gasteiger partial charge on any atom is -0.444 e. The summed E-state index contributed by atoms with van der Waals surface area (Å²) in [6.45, 7) is 5.26. The summed E-state index contributed by atoms with van der Waals surface area (Å²) in [6, 6.07) is 2.56. The molecule has 25 heavy (non-hydrogen) atoms. The molecule has 2 aliphatic rings. The summed E-state index contributed by atoms with van der Waals surface area (Å²) in [5, 5.41) is 0.261. The van der Waals surface area contributed by atoms with Gasteiger partial charge in [-0.1, -0.05) is 17.7 Å². The number of alkyl halides is 1. The molecule has 136 valence electrons. The van der Waals surface area contributed by atoms with E-state index in [0.717, 1.165) is 5.56 Å². The predicted molar refractivity (Wildman–Crippen MR) is 90.2 cm³/mol. The summed E-state index contributed by atoms with van der Waals surface area (Å²) >= 11 is 5.87. The molecule has 3 rings (SSSR count). The largest absolute Gasteiger partial charge is 0.444 e. The van der Waals surface area contributed by atoms with Gasteiger partial charge in [-0.3, -0.25) is 4.79 Å². The molecule has 0 bridgehead atoms. The van der Waals surface area contributed by atoms with Gasteiger partial charge in [0.1, 0.15) is 23.1 Å². The lowest BCUT2D eigenvalue weighted by atomic mass is 10.1. The molecule has 1 fully saturated rings. The SMILES string of the molecule is CC(C)(C)OC(=O)N1C[C@H](N2Cc3ccc(Cl)nc3C2=O)C[C@H]1CF. The Morgan fingerprint density at radius 3 is 2.80 bits per heavy atom. The fourth-order valence-corrected chi connectivity index (χ4v) is 3.42. The van der Waals surface area contributed by atoms with Gasteiger partial charge in [0.2, 0.25) is 0 Å². The number of carbonyl (C=O) groups is 2. The second-order valence-electron chi connectivity index (χ2n) is 7.41. The number of hydrogen-bond donors (Lipinski definition) is 0. The van der Waals surface area contributed by atoms with Crippen molar-refractivity contribution in [3.05, 3.63) is 28.5 Å². The fourth-order valence-electron chi connectivity index (χ4n) is 3.27. The van der Waals surface area contributed by atoms with E-state index >= 15 is 0 Å². The standard InChI is InChI=1S/C17H21ClFN3O3/c1-17(2,3)25-16(24)22-9-12(6-11(22)7-19)21-8-10-4-5-13(18)20-14(10)15(21)23/h4-5,11-12H,6-9H2,1-3H3/t11-,12+/m0/s1. The van der Waals surface area contributed by atoms with Crippen molar-refractivity contribution in [2.45, 2.75) is 51.4 Å². The highest BCUT2D eigenvalue weighted by atomic mass is 35.5. The van der Waals surface area contributed by atoms with E-state index in [4.69, 9.17) is 16.3 Å². The normalized spacial score (nSPS) is 23.2. The van der Waals surface area contributed by atoms with E-state index in [9.17, 15) is 14.0 Å². The first-order valence-electron chi connectivity index (χ1n) is 8.21. The Labute approximate surface area is 150 Å². The van der Waals surface area contributed by atoms with E-state index in [1.165, 1.54) is 4.90 Å². The molecular formula is C17H21ClFN3O3. The maximum atomic E-state index is 13.4. The summed E-state index contributed by atoms with van der Waals surface area (Å²) in [7, 11) is 0. The van der Waals surface area contributed by atoms with Crippen LogP contribution in [0.15, 0.2) is 12.1 Å². The summed E-state index contributed by atoms with van der Waals surface area (Å²) in [6.07, 6.45) is -0.175. The van der Waals surface area contributed by atoms with Crippen molar-refractivity contribution in [2.24, 2.45) is 0 Å². The van der Waals surface area contributed by atoms with E-state index in [-0.39, 0.29) is 23.6 Å². The lowest BCUT2D eigenvalue weighted by Crippen LogP contribution is -2.42. The average Bonchev–Trinajstić information content (AvgIpc) is 3.07. The van der Waals surface area contributed by atoms with Crippen LogP contribution in [0.4, 0.5) is 9.18 Å². The highest BCUT2D eigenvalue weighted by Crippen LogP contribution is 2.31. The number of amides is 2. The molecule has 8 heteroatoms. The summed E-state index contributed by atoms with van der Waals surface area (Å²) in [5.41, 5.74) is 0.470. The van der Waals surface area contributed by atoms with Crippen LogP contribution >= 0.6 is 11.6 Å². The zero-order valence-electron chi connectivity index (χ0n) is 14.5. The molecule has 0 radical (unpaired) electrons. The number of aromatic nitrogens is 1. The topological polar surface area (TPSA) is 62.7 Å². The second kappa shape index (κ2) is 6.44. The van der Waals surface area contributed by atoms with Crippen LogP contribution < -0.4 is 0 Å². The Balaban J connectivity index is 1.75. The van der Waals surface area contributed by atoms with Gasteiger partial charge in [-0.15, -0.1) is 0 Å². The van der Waals surface area contributed by atoms with Crippen molar-refractivity contribution in [3.8, 4) is 0 Å². The Morgan fingerprint density at radius 1 is 1.44 bits per heavy atom. The van der Waals surface area contributed by atoms with E-state index in [0.29, 0.717) is 18.7 Å². The minimum absolute atomic E-state index is 0.230. The molecule has 0 unspecified atom stereocenters. The van der Waals surface area contributed by atoms with Gasteiger partial charge in [-0.05, 0) is 33.3 Å². The van der Waals surface area contributed by atoms with Gasteiger partial charge in [0.05, 0.1) is 12.1 Å². The lowest BCUT2D eigenvalue weighted by Gasteiger charge is -2.27. The van der Waals surface area contributed by atoms with E-state index in [1.807, 2.05) is 0 Å². The third-order valence-corrected chi connectivity index (χ3v) is 4.60. The first-order valence-corrected chi connectivity index (χ1v) is 8.59. The van der Waals surface area contributed by atoms with Crippen LogP contribution in [0.5, 0.6) is 0 Å². The molecule has 0 aromatic carbocycles. The molecule has 3 heterocycles. The van der Waals surface area contributed by atoms with Gasteiger partial charge in [0.25, 0.3) is 5.91 Å². The maximum absolute atomic E-state index is 13.4. The minimum atomic E-state index is -0.672. The molecule has 2 aliphatic heterocycles. The molecule has 0 saturated carbocycles. The average molecular weight is 370 g/mol. The van der Waals surface area contributed by atoms with Gasteiger partial charge >= 0.3 is 6.09 Å². The summed E-state index contributed by atoms with van der Waals surface area (Å²) in [4.78, 5) is 32.1. The van der Waals surface area contributed by atoms with E-state index in [1.54, 1.807) is 37.8 Å². The second-order valence-corrected chi connectivity index (χ2v) is 7.79. The first-order chi connectivity index (χ1) is 11.7. The van der Waals surface area contributed by atoms with E-state index in [2.05, 4.69) is 4.98 Å². The number of fused-ring (bicyclic) bond motifs is 1. The zero-order valence-corrected chi connectivity index (χ0v) is 15.2. The molecule has 1 saturated heterocycles. The number of rotatable bonds is 2. The fraction of sp³-hybridized carbons (Fsp3) is 0.588. The Hall–Kier alpha value is -1.89. The molecular weight excluding hydrogens is 349 g/mol. The third-order valence-electron chi connectivity index (χ3n) is 4.39. The molecule has 6 nitrogen and oxygen atoms in total. The maximum Gasteiger partial charge on any atom is 0.410 e. The molecule has 0 aliphatic carbocycles. The quantitative estimate of drug-likeness (QED) is 0.752. The summed E-state index contributed by atoms with van der Waals surface area (Å²) in [5.74, 6) is -0.230. The van der Waals surface area contributed by atoms with Crippen LogP contribution in [0.1, 0.15) is 43.2 Å². The summed E-state index contributed by atoms with van der Waals surface area (Å²) < 4.78 is 18.8. The zero-order chi connectivity index (χ0) is 18.4. The van der Waals surface area contributed by atoms with Crippen molar-refractivity contribution >= 4 is 23.6 Å². The van der Waals surface area contributed by atoms with Gasteiger partial charge in [0, 0.05) is 18.7 Å². The first kappa shape index (κ1) is 17.9. The van der Waals surface area contributed by atoms with Crippen LogP contribution in [0.2, 0.25) is 5.15 Å². The lowest BCUT2D eigenvalue weighted by molar-refractivity contribution is 0.0196. The van der Waals surface area contributed by atoms with Gasteiger partial charge in [-0.25, -0.2) is 14.2 Å². The number of ether oxygens (including phenoxy) is 1. The molecule has 2 atom stereocenters. The van der Waals surface area contributed by atoms with Crippen LogP contribution in [0.3, 0.4) is 0 Å². The third kappa shape index (κ3) is 3.56. The van der Waals surface area contributed by atoms with Crippen LogP contribution in [-0.4, -0.2) is 57.7 Å². The van der Waals surface area contributed by atoms with Crippen LogP contribution in [-0.2, 0) is 11.3 Å². The molecule has 0 N–H and O–H groups in total. The van der Waals surface area contributed by atoms with E-state index < -0.39 is 24.4 Å². The molecule has 2 amide bonds. The smallest absolute Gasteiger partial charge is 0.410 e. The highest BCUT2D eigenvalue weighted by molar-refractivity contribution is 6.29. The monoisotopic (exact) mass is 369 g/mol. The van der Waals surface area contributed by atoms with Gasteiger partial charge < -0.3 is 14.5 Å². The molecule has 1 aromatic heterocycles. The van der Waals surface area contributed by atoms with Crippen LogP contribution in [0.25, 0.3) is 0 Å². The number of carbonyl (C=O) groups excluding carboxylic acids is 2. The predicted octanol–water partition coefficient (Wildman–Crippen LogP) is 3.04. The number of pyridine rings is 1. The van der Waals surface area contributed by atoms with Crippen molar-refractivity contribution in [1.29, 1.82) is 0 Å². The number of nitrogens with zero attached hydrogens (tertiary/aromatic N) is 3. The van der Waals surface area contributed by atoms with Crippen molar-refractivity contribution in [1.82, 2.24) is 14.8 Å². The number of halogens is 2. The van der Waals surface area contributed by atoms with Gasteiger partial charge in [-0.2, -0.15) is 0 Å². The Morgan fingerprint density at radius 2 is 2.16 bits per heavy atom.